The maximum absolute atomic E-state index is 4.63. The molecule has 4 heteroatoms. The van der Waals surface area contributed by atoms with E-state index < -0.39 is 0 Å². The average molecular weight is 218 g/mol. The molecule has 0 N–H and O–H groups in total. The molecule has 2 aromatic heterocycles. The molecule has 2 rings (SSSR count). The van der Waals surface area contributed by atoms with Crippen molar-refractivity contribution >= 4 is 11.0 Å². The Hall–Kier alpha value is -1.45. The number of nitrogens with zero attached hydrogens (tertiary/aromatic N) is 4. The van der Waals surface area contributed by atoms with E-state index in [1.807, 2.05) is 13.2 Å². The summed E-state index contributed by atoms with van der Waals surface area (Å²) in [7, 11) is 1.92. The first-order valence-corrected chi connectivity index (χ1v) is 5.70. The molecule has 0 saturated carbocycles. The van der Waals surface area contributed by atoms with E-state index in [9.17, 15) is 0 Å². The van der Waals surface area contributed by atoms with E-state index in [-0.39, 0.29) is 0 Å². The summed E-state index contributed by atoms with van der Waals surface area (Å²) in [5, 5.41) is 4.43. The van der Waals surface area contributed by atoms with Crippen LogP contribution in [0.15, 0.2) is 6.20 Å². The zero-order valence-electron chi connectivity index (χ0n) is 10.5. The van der Waals surface area contributed by atoms with E-state index in [4.69, 9.17) is 0 Å². The quantitative estimate of drug-likeness (QED) is 0.778. The summed E-state index contributed by atoms with van der Waals surface area (Å²) in [6.07, 6.45) is 1.95. The van der Waals surface area contributed by atoms with Crippen LogP contribution in [0, 0.1) is 0 Å². The van der Waals surface area contributed by atoms with Gasteiger partial charge in [-0.1, -0.05) is 27.7 Å². The van der Waals surface area contributed by atoms with Gasteiger partial charge in [-0.25, -0.2) is 9.97 Å². The largest absolute Gasteiger partial charge is 0.273 e. The van der Waals surface area contributed by atoms with Gasteiger partial charge in [0.05, 0.1) is 11.9 Å². The first-order valence-electron chi connectivity index (χ1n) is 5.70. The number of aromatic nitrogens is 4. The van der Waals surface area contributed by atoms with E-state index in [2.05, 4.69) is 42.8 Å². The van der Waals surface area contributed by atoms with E-state index >= 15 is 0 Å². The molecule has 0 fully saturated rings. The predicted octanol–water partition coefficient (Wildman–Crippen LogP) is 2.61. The summed E-state index contributed by atoms with van der Waals surface area (Å²) in [4.78, 5) is 9.17. The summed E-state index contributed by atoms with van der Waals surface area (Å²) in [5.74, 6) is 1.63. The van der Waals surface area contributed by atoms with Gasteiger partial charge < -0.3 is 0 Å². The Balaban J connectivity index is 2.73. The lowest BCUT2D eigenvalue weighted by Gasteiger charge is -2.09. The van der Waals surface area contributed by atoms with Crippen molar-refractivity contribution in [3.8, 4) is 0 Å². The Kier molecular flexibility index (Phi) is 2.66. The highest BCUT2D eigenvalue weighted by atomic mass is 15.3. The fourth-order valence-corrected chi connectivity index (χ4v) is 1.73. The molecule has 0 bridgehead atoms. The SMILES string of the molecule is CC(C)c1nc(C(C)C)c2nn(C)cc2n1. The summed E-state index contributed by atoms with van der Waals surface area (Å²) in [6.45, 7) is 8.50. The lowest BCUT2D eigenvalue weighted by molar-refractivity contribution is 0.737. The molecule has 0 aromatic carbocycles. The molecule has 0 atom stereocenters. The third-order valence-electron chi connectivity index (χ3n) is 2.59. The van der Waals surface area contributed by atoms with Crippen molar-refractivity contribution in [1.29, 1.82) is 0 Å². The Morgan fingerprint density at radius 3 is 2.31 bits per heavy atom. The monoisotopic (exact) mass is 218 g/mol. The van der Waals surface area contributed by atoms with Gasteiger partial charge in [-0.2, -0.15) is 5.10 Å². The normalized spacial score (nSPS) is 11.9. The van der Waals surface area contributed by atoms with Crippen LogP contribution in [0.2, 0.25) is 0 Å². The fraction of sp³-hybridized carbons (Fsp3) is 0.583. The minimum Gasteiger partial charge on any atom is -0.273 e. The highest BCUT2D eigenvalue weighted by molar-refractivity contribution is 5.76. The molecule has 2 heterocycles. The van der Waals surface area contributed by atoms with E-state index in [0.29, 0.717) is 11.8 Å². The molecular weight excluding hydrogens is 200 g/mol. The molecule has 0 aliphatic carbocycles. The van der Waals surface area contributed by atoms with Crippen molar-refractivity contribution in [2.75, 3.05) is 0 Å². The van der Waals surface area contributed by atoms with E-state index in [1.54, 1.807) is 4.68 Å². The molecule has 0 saturated heterocycles. The maximum atomic E-state index is 4.63. The van der Waals surface area contributed by atoms with Gasteiger partial charge in [0.1, 0.15) is 16.9 Å². The molecule has 86 valence electrons. The van der Waals surface area contributed by atoms with Crippen LogP contribution in [-0.2, 0) is 7.05 Å². The second-order valence-corrected chi connectivity index (χ2v) is 4.81. The van der Waals surface area contributed by atoms with Crippen LogP contribution in [-0.4, -0.2) is 19.7 Å². The van der Waals surface area contributed by atoms with Crippen LogP contribution >= 0.6 is 0 Å². The van der Waals surface area contributed by atoms with Crippen LogP contribution in [0.25, 0.3) is 11.0 Å². The third kappa shape index (κ3) is 1.79. The van der Waals surface area contributed by atoms with Gasteiger partial charge in [-0.3, -0.25) is 4.68 Å². The lowest BCUT2D eigenvalue weighted by Crippen LogP contribution is -2.03. The number of rotatable bonds is 2. The van der Waals surface area contributed by atoms with Gasteiger partial charge in [0.2, 0.25) is 0 Å². The molecular formula is C12H18N4. The fourth-order valence-electron chi connectivity index (χ4n) is 1.73. The second-order valence-electron chi connectivity index (χ2n) is 4.81. The molecule has 0 radical (unpaired) electrons. The van der Waals surface area contributed by atoms with Crippen LogP contribution in [0.4, 0.5) is 0 Å². The van der Waals surface area contributed by atoms with Crippen LogP contribution in [0.5, 0.6) is 0 Å². The topological polar surface area (TPSA) is 43.6 Å². The number of aryl methyl sites for hydroxylation is 1. The molecule has 2 aromatic rings. The Morgan fingerprint density at radius 1 is 1.06 bits per heavy atom. The molecule has 0 aliphatic heterocycles. The minimum atomic E-state index is 0.349. The number of fused-ring (bicyclic) bond motifs is 1. The molecule has 0 spiro atoms. The minimum absolute atomic E-state index is 0.349. The zero-order valence-corrected chi connectivity index (χ0v) is 10.5. The zero-order chi connectivity index (χ0) is 11.9. The maximum Gasteiger partial charge on any atom is 0.133 e. The van der Waals surface area contributed by atoms with Gasteiger partial charge in [-0.15, -0.1) is 0 Å². The highest BCUT2D eigenvalue weighted by Gasteiger charge is 2.15. The van der Waals surface area contributed by atoms with E-state index in [1.165, 1.54) is 0 Å². The van der Waals surface area contributed by atoms with Crippen LogP contribution < -0.4 is 0 Å². The van der Waals surface area contributed by atoms with Crippen molar-refractivity contribution in [2.45, 2.75) is 39.5 Å². The van der Waals surface area contributed by atoms with Gasteiger partial charge in [-0.05, 0) is 5.92 Å². The van der Waals surface area contributed by atoms with Gasteiger partial charge >= 0.3 is 0 Å². The second kappa shape index (κ2) is 3.85. The Labute approximate surface area is 95.7 Å². The third-order valence-corrected chi connectivity index (χ3v) is 2.59. The standard InChI is InChI=1S/C12H18N4/c1-7(2)10-11-9(6-16(5)15-11)13-12(14-10)8(3)4/h6-8H,1-5H3. The summed E-state index contributed by atoms with van der Waals surface area (Å²) >= 11 is 0. The Bertz CT molecular complexity index is 511. The number of hydrogen-bond acceptors (Lipinski definition) is 3. The molecule has 0 amide bonds. The smallest absolute Gasteiger partial charge is 0.133 e. The average Bonchev–Trinajstić information content (AvgIpc) is 2.55. The van der Waals surface area contributed by atoms with Crippen molar-refractivity contribution < 1.29 is 0 Å². The predicted molar refractivity (Wildman–Crippen MR) is 64.5 cm³/mol. The lowest BCUT2D eigenvalue weighted by atomic mass is 10.1. The molecule has 16 heavy (non-hydrogen) atoms. The summed E-state index contributed by atoms with van der Waals surface area (Å²) < 4.78 is 1.80. The number of hydrogen-bond donors (Lipinski definition) is 0. The van der Waals surface area contributed by atoms with Gasteiger partial charge in [0.25, 0.3) is 0 Å². The van der Waals surface area contributed by atoms with Crippen molar-refractivity contribution in [1.82, 2.24) is 19.7 Å². The van der Waals surface area contributed by atoms with Crippen LogP contribution in [0.3, 0.4) is 0 Å². The molecule has 0 unspecified atom stereocenters. The van der Waals surface area contributed by atoms with Crippen LogP contribution in [0.1, 0.15) is 51.0 Å². The van der Waals surface area contributed by atoms with Crippen molar-refractivity contribution in [2.24, 2.45) is 7.05 Å². The molecule has 0 aliphatic rings. The highest BCUT2D eigenvalue weighted by Crippen LogP contribution is 2.23. The molecule has 4 nitrogen and oxygen atoms in total. The van der Waals surface area contributed by atoms with Crippen molar-refractivity contribution in [3.63, 3.8) is 0 Å². The van der Waals surface area contributed by atoms with Gasteiger partial charge in [0, 0.05) is 13.0 Å². The first kappa shape index (κ1) is 11.0. The summed E-state index contributed by atoms with van der Waals surface area (Å²) in [5.41, 5.74) is 2.93. The van der Waals surface area contributed by atoms with Gasteiger partial charge in [0.15, 0.2) is 0 Å². The Morgan fingerprint density at radius 2 is 1.75 bits per heavy atom. The van der Waals surface area contributed by atoms with E-state index in [0.717, 1.165) is 22.6 Å². The summed E-state index contributed by atoms with van der Waals surface area (Å²) in [6, 6.07) is 0. The van der Waals surface area contributed by atoms with Crippen molar-refractivity contribution in [3.05, 3.63) is 17.7 Å². The first-order chi connectivity index (χ1) is 7.49.